The van der Waals surface area contributed by atoms with Crippen LogP contribution in [0.4, 0.5) is 0 Å². The molecule has 0 heterocycles. The Morgan fingerprint density at radius 1 is 0.971 bits per heavy atom. The van der Waals surface area contributed by atoms with Crippen molar-refractivity contribution < 1.29 is 34.4 Å². The van der Waals surface area contributed by atoms with Gasteiger partial charge in [-0.1, -0.05) is 45.4 Å². The molecule has 7 nitrogen and oxygen atoms in total. The molecular weight excluding hydrogens is 436 g/mol. The van der Waals surface area contributed by atoms with E-state index in [1.165, 1.54) is 5.57 Å². The molecule has 1 saturated carbocycles. The molecule has 1 fully saturated rings. The number of aliphatic carboxylic acids is 2. The van der Waals surface area contributed by atoms with Gasteiger partial charge in [0.25, 0.3) is 11.9 Å². The molecule has 0 aromatic heterocycles. The molecule has 2 aliphatic rings. The van der Waals surface area contributed by atoms with Crippen LogP contribution in [0.15, 0.2) is 23.8 Å². The van der Waals surface area contributed by atoms with Gasteiger partial charge in [-0.05, 0) is 69.3 Å². The van der Waals surface area contributed by atoms with E-state index in [-0.39, 0.29) is 17.6 Å². The Bertz CT molecular complexity index is 655. The van der Waals surface area contributed by atoms with E-state index < -0.39 is 17.5 Å². The highest BCUT2D eigenvalue weighted by molar-refractivity contribution is 5.63. The second kappa shape index (κ2) is 14.6. The van der Waals surface area contributed by atoms with Gasteiger partial charge in [0.05, 0.1) is 5.60 Å². The van der Waals surface area contributed by atoms with Crippen molar-refractivity contribution in [3.05, 3.63) is 23.8 Å². The average Bonchev–Trinajstić information content (AvgIpc) is 2.69. The summed E-state index contributed by atoms with van der Waals surface area (Å²) in [5.41, 5.74) is 1.22. The lowest BCUT2D eigenvalue weighted by Crippen LogP contribution is -2.49. The maximum absolute atomic E-state index is 11.5. The summed E-state index contributed by atoms with van der Waals surface area (Å²) >= 11 is 0. The third kappa shape index (κ3) is 12.7. The van der Waals surface area contributed by atoms with E-state index in [1.54, 1.807) is 0 Å². The number of aliphatic hydroxyl groups is 1. The number of allylic oxidation sites excluding steroid dienone is 2. The summed E-state index contributed by atoms with van der Waals surface area (Å²) in [7, 11) is 0. The van der Waals surface area contributed by atoms with Crippen LogP contribution in [0.2, 0.25) is 0 Å². The molecule has 0 bridgehead atoms. The van der Waals surface area contributed by atoms with Gasteiger partial charge in [0.2, 0.25) is 0 Å². The van der Waals surface area contributed by atoms with E-state index in [0.717, 1.165) is 52.4 Å². The summed E-state index contributed by atoms with van der Waals surface area (Å²) in [5, 5.41) is 26.3. The monoisotopic (exact) mass is 484 g/mol. The van der Waals surface area contributed by atoms with Crippen molar-refractivity contribution in [3.63, 3.8) is 0 Å². The molecule has 0 saturated heterocycles. The fourth-order valence-electron chi connectivity index (χ4n) is 4.53. The molecule has 0 spiro atoms. The highest BCUT2D eigenvalue weighted by Gasteiger charge is 2.48. The topological polar surface area (TPSA) is 113 Å². The van der Waals surface area contributed by atoms with Gasteiger partial charge >= 0.3 is 0 Å². The van der Waals surface area contributed by atoms with Crippen LogP contribution < -0.4 is 0 Å². The number of hydrogen-bond donors (Lipinski definition) is 3. The Morgan fingerprint density at radius 3 is 1.82 bits per heavy atom. The lowest BCUT2D eigenvalue weighted by Gasteiger charge is -2.50. The number of carboxylic acid groups (broad SMARTS) is 2. The zero-order chi connectivity index (χ0) is 26.6. The summed E-state index contributed by atoms with van der Waals surface area (Å²) < 4.78 is 11.2. The van der Waals surface area contributed by atoms with Crippen molar-refractivity contribution in [2.24, 2.45) is 16.7 Å². The first-order chi connectivity index (χ1) is 15.6. The van der Waals surface area contributed by atoms with E-state index in [4.69, 9.17) is 29.3 Å². The molecule has 7 heteroatoms. The molecule has 2 rings (SSSR count). The summed E-state index contributed by atoms with van der Waals surface area (Å²) in [6, 6.07) is 0. The normalized spacial score (nSPS) is 22.6. The summed E-state index contributed by atoms with van der Waals surface area (Å²) in [6.45, 7) is 16.7. The lowest BCUT2D eigenvalue weighted by molar-refractivity contribution is -0.135. The quantitative estimate of drug-likeness (QED) is 0.390. The zero-order valence-corrected chi connectivity index (χ0v) is 22.5. The number of ether oxygens (including phenoxy) is 2. The van der Waals surface area contributed by atoms with Crippen molar-refractivity contribution in [2.75, 3.05) is 13.2 Å². The second-order valence-electron chi connectivity index (χ2n) is 10.7. The van der Waals surface area contributed by atoms with E-state index >= 15 is 0 Å². The third-order valence-corrected chi connectivity index (χ3v) is 6.46. The number of carbonyl (C=O) groups is 2. The van der Waals surface area contributed by atoms with Crippen LogP contribution in [-0.4, -0.2) is 52.4 Å². The van der Waals surface area contributed by atoms with Gasteiger partial charge in [0, 0.05) is 33.0 Å². The molecule has 0 aliphatic heterocycles. The molecule has 34 heavy (non-hydrogen) atoms. The first-order valence-corrected chi connectivity index (χ1v) is 12.3. The van der Waals surface area contributed by atoms with Crippen LogP contribution in [0.5, 0.6) is 0 Å². The number of carboxylic acids is 2. The Kier molecular flexibility index (Phi) is 13.9. The molecule has 1 unspecified atom stereocenters. The molecule has 0 aromatic carbocycles. The molecule has 0 aromatic rings. The molecule has 3 N–H and O–H groups in total. The Hall–Kier alpha value is -1.70. The first-order valence-electron chi connectivity index (χ1n) is 12.3. The predicted molar refractivity (Wildman–Crippen MR) is 135 cm³/mol. The zero-order valence-electron chi connectivity index (χ0n) is 22.5. The molecule has 0 radical (unpaired) electrons. The SMILES string of the molecule is CC(=O)O.CC(=O)O.CCOC(C=CC1=CC(C2(O)CCC(C)(C)CC2)C(C)(C)CC1)OCC. The van der Waals surface area contributed by atoms with Gasteiger partial charge in [-0.3, -0.25) is 9.59 Å². The molecule has 0 amide bonds. The van der Waals surface area contributed by atoms with Crippen LogP contribution in [-0.2, 0) is 19.1 Å². The number of hydrogen-bond acceptors (Lipinski definition) is 5. The minimum atomic E-state index is -0.833. The van der Waals surface area contributed by atoms with Crippen molar-refractivity contribution >= 4 is 11.9 Å². The fourth-order valence-corrected chi connectivity index (χ4v) is 4.53. The first kappa shape index (κ1) is 32.3. The minimum Gasteiger partial charge on any atom is -0.481 e. The summed E-state index contributed by atoms with van der Waals surface area (Å²) in [4.78, 5) is 18.0. The van der Waals surface area contributed by atoms with Crippen LogP contribution in [0.1, 0.15) is 93.9 Å². The van der Waals surface area contributed by atoms with Crippen LogP contribution in [0, 0.1) is 16.7 Å². The standard InChI is InChI=1S/C23H40O3.2C2H4O2/c1-7-25-20(26-8-2)10-9-18-11-12-22(5,6)19(17-18)23(24)15-13-21(3,4)14-16-23;2*1-2(3)4/h9-10,17,19-20,24H,7-8,11-16H2,1-6H3;2*1H3,(H,3,4). The predicted octanol–water partition coefficient (Wildman–Crippen LogP) is 5.82. The maximum Gasteiger partial charge on any atom is 0.300 e. The summed E-state index contributed by atoms with van der Waals surface area (Å²) in [5.74, 6) is -1.46. The molecule has 2 aliphatic carbocycles. The smallest absolute Gasteiger partial charge is 0.300 e. The van der Waals surface area contributed by atoms with Gasteiger partial charge in [-0.25, -0.2) is 0 Å². The van der Waals surface area contributed by atoms with E-state index in [9.17, 15) is 5.11 Å². The molecule has 198 valence electrons. The Morgan fingerprint density at radius 2 is 1.41 bits per heavy atom. The maximum atomic E-state index is 11.5. The lowest BCUT2D eigenvalue weighted by atomic mass is 9.57. The van der Waals surface area contributed by atoms with E-state index in [1.807, 2.05) is 19.9 Å². The van der Waals surface area contributed by atoms with Crippen molar-refractivity contribution in [1.82, 2.24) is 0 Å². The van der Waals surface area contributed by atoms with Crippen LogP contribution >= 0.6 is 0 Å². The second-order valence-corrected chi connectivity index (χ2v) is 10.7. The van der Waals surface area contributed by atoms with E-state index in [2.05, 4.69) is 39.8 Å². The average molecular weight is 485 g/mol. The number of rotatable bonds is 7. The molecule has 1 atom stereocenters. The van der Waals surface area contributed by atoms with Crippen molar-refractivity contribution in [3.8, 4) is 0 Å². The van der Waals surface area contributed by atoms with Gasteiger partial charge in [-0.2, -0.15) is 0 Å². The van der Waals surface area contributed by atoms with Gasteiger partial charge < -0.3 is 24.8 Å². The summed E-state index contributed by atoms with van der Waals surface area (Å²) in [6.07, 6.45) is 12.4. The van der Waals surface area contributed by atoms with Gasteiger partial charge in [0.1, 0.15) is 0 Å². The fraction of sp³-hybridized carbons (Fsp3) is 0.778. The van der Waals surface area contributed by atoms with Crippen molar-refractivity contribution in [2.45, 2.75) is 106 Å². The van der Waals surface area contributed by atoms with Crippen LogP contribution in [0.3, 0.4) is 0 Å². The minimum absolute atomic E-state index is 0.132. The van der Waals surface area contributed by atoms with Crippen LogP contribution in [0.25, 0.3) is 0 Å². The molecular formula is C27H48O7. The largest absolute Gasteiger partial charge is 0.481 e. The third-order valence-electron chi connectivity index (χ3n) is 6.46. The Labute approximate surface area is 206 Å². The van der Waals surface area contributed by atoms with E-state index in [0.29, 0.717) is 18.6 Å². The van der Waals surface area contributed by atoms with Gasteiger partial charge in [0.15, 0.2) is 6.29 Å². The van der Waals surface area contributed by atoms with Crippen molar-refractivity contribution in [1.29, 1.82) is 0 Å². The Balaban J connectivity index is 0.00000118. The highest BCUT2D eigenvalue weighted by Crippen LogP contribution is 2.52. The highest BCUT2D eigenvalue weighted by atomic mass is 16.7. The van der Waals surface area contributed by atoms with Gasteiger partial charge in [-0.15, -0.1) is 0 Å².